The highest BCUT2D eigenvalue weighted by atomic mass is 16.2. The number of carbonyl (C=O) groups is 2. The van der Waals surface area contributed by atoms with E-state index in [0.717, 1.165) is 12.3 Å². The Hall–Kier alpha value is -0.860. The zero-order valence-electron chi connectivity index (χ0n) is 11.9. The summed E-state index contributed by atoms with van der Waals surface area (Å²) in [6.07, 6.45) is 10.4. The number of rotatable bonds is 3. The van der Waals surface area contributed by atoms with E-state index in [-0.39, 0.29) is 23.1 Å². The van der Waals surface area contributed by atoms with Crippen LogP contribution in [0.5, 0.6) is 0 Å². The van der Waals surface area contributed by atoms with Crippen LogP contribution in [0.4, 0.5) is 0 Å². The first kappa shape index (κ1) is 13.1. The van der Waals surface area contributed by atoms with Crippen LogP contribution in [-0.4, -0.2) is 11.8 Å². The van der Waals surface area contributed by atoms with E-state index in [9.17, 15) is 9.59 Å². The van der Waals surface area contributed by atoms with Crippen molar-refractivity contribution >= 4 is 11.8 Å². The van der Waals surface area contributed by atoms with Gasteiger partial charge >= 0.3 is 0 Å². The molecule has 1 heterocycles. The van der Waals surface area contributed by atoms with Crippen LogP contribution in [0, 0.1) is 23.2 Å². The minimum atomic E-state index is -0.0838. The molecule has 2 unspecified atom stereocenters. The third-order valence-corrected chi connectivity index (χ3v) is 5.71. The first-order valence-electron chi connectivity index (χ1n) is 7.92. The summed E-state index contributed by atoms with van der Waals surface area (Å²) in [5.74, 6) is 1.31. The first-order chi connectivity index (χ1) is 9.08. The standard InChI is InChI=1S/C16H25NO2/c1-16(9-11-5-4-6-11)10-13(18)17-15(19)14(16)12-7-2-3-8-12/h11-12,14H,2-10H2,1H3,(H,17,18,19). The lowest BCUT2D eigenvalue weighted by Gasteiger charge is -2.46. The normalized spacial score (nSPS) is 37.2. The van der Waals surface area contributed by atoms with Gasteiger partial charge in [-0.05, 0) is 36.5 Å². The fourth-order valence-corrected chi connectivity index (χ4v) is 4.68. The summed E-state index contributed by atoms with van der Waals surface area (Å²) in [5.41, 5.74) is -0.0838. The van der Waals surface area contributed by atoms with Gasteiger partial charge in [0, 0.05) is 12.3 Å². The van der Waals surface area contributed by atoms with E-state index in [4.69, 9.17) is 0 Å². The van der Waals surface area contributed by atoms with Crippen molar-refractivity contribution in [1.82, 2.24) is 5.32 Å². The maximum Gasteiger partial charge on any atom is 0.230 e. The summed E-state index contributed by atoms with van der Waals surface area (Å²) in [7, 11) is 0. The Labute approximate surface area is 115 Å². The van der Waals surface area contributed by atoms with E-state index in [2.05, 4.69) is 12.2 Å². The molecule has 0 spiro atoms. The molecule has 1 aliphatic heterocycles. The molecular weight excluding hydrogens is 238 g/mol. The van der Waals surface area contributed by atoms with Crippen LogP contribution in [0.3, 0.4) is 0 Å². The minimum absolute atomic E-state index is 0.0185. The van der Waals surface area contributed by atoms with Crippen LogP contribution in [0.15, 0.2) is 0 Å². The van der Waals surface area contributed by atoms with E-state index in [1.165, 1.54) is 44.9 Å². The number of nitrogens with one attached hydrogen (secondary N) is 1. The lowest BCUT2D eigenvalue weighted by Crippen LogP contribution is -2.54. The maximum atomic E-state index is 12.4. The Kier molecular flexibility index (Phi) is 3.40. The third-order valence-electron chi connectivity index (χ3n) is 5.71. The molecule has 0 aromatic heterocycles. The fourth-order valence-electron chi connectivity index (χ4n) is 4.68. The first-order valence-corrected chi connectivity index (χ1v) is 7.92. The SMILES string of the molecule is CC1(CC2CCC2)CC(=O)NC(=O)C1C1CCCC1. The molecule has 2 saturated carbocycles. The van der Waals surface area contributed by atoms with Crippen LogP contribution in [0.1, 0.15) is 64.7 Å². The number of imide groups is 1. The van der Waals surface area contributed by atoms with Gasteiger partial charge in [0.15, 0.2) is 0 Å². The van der Waals surface area contributed by atoms with Crippen LogP contribution < -0.4 is 5.32 Å². The average molecular weight is 263 g/mol. The molecule has 2 aliphatic carbocycles. The van der Waals surface area contributed by atoms with Gasteiger partial charge in [0.05, 0.1) is 0 Å². The number of amides is 2. The fraction of sp³-hybridized carbons (Fsp3) is 0.875. The predicted molar refractivity (Wildman–Crippen MR) is 73.3 cm³/mol. The summed E-state index contributed by atoms with van der Waals surface area (Å²) >= 11 is 0. The van der Waals surface area contributed by atoms with Crippen molar-refractivity contribution in [2.75, 3.05) is 0 Å². The van der Waals surface area contributed by atoms with Crippen LogP contribution in [-0.2, 0) is 9.59 Å². The molecule has 3 nitrogen and oxygen atoms in total. The highest BCUT2D eigenvalue weighted by Gasteiger charge is 2.50. The van der Waals surface area contributed by atoms with Crippen LogP contribution in [0.25, 0.3) is 0 Å². The van der Waals surface area contributed by atoms with E-state index in [1.807, 2.05) is 0 Å². The molecule has 1 saturated heterocycles. The molecule has 0 aromatic carbocycles. The molecule has 2 atom stereocenters. The van der Waals surface area contributed by atoms with Crippen molar-refractivity contribution in [3.63, 3.8) is 0 Å². The molecule has 3 heteroatoms. The van der Waals surface area contributed by atoms with Gasteiger partial charge < -0.3 is 0 Å². The van der Waals surface area contributed by atoms with E-state index >= 15 is 0 Å². The van der Waals surface area contributed by atoms with Gasteiger partial charge in [-0.2, -0.15) is 0 Å². The molecule has 0 bridgehead atoms. The van der Waals surface area contributed by atoms with Crippen molar-refractivity contribution in [2.24, 2.45) is 23.2 Å². The number of piperidine rings is 1. The van der Waals surface area contributed by atoms with Gasteiger partial charge in [0.1, 0.15) is 0 Å². The van der Waals surface area contributed by atoms with E-state index in [0.29, 0.717) is 12.3 Å². The van der Waals surface area contributed by atoms with Crippen molar-refractivity contribution in [2.45, 2.75) is 64.7 Å². The molecule has 0 radical (unpaired) electrons. The van der Waals surface area contributed by atoms with E-state index in [1.54, 1.807) is 0 Å². The molecule has 19 heavy (non-hydrogen) atoms. The Bertz CT molecular complexity index is 382. The summed E-state index contributed by atoms with van der Waals surface area (Å²) < 4.78 is 0. The molecule has 3 rings (SSSR count). The zero-order valence-corrected chi connectivity index (χ0v) is 11.9. The number of hydrogen-bond donors (Lipinski definition) is 1. The average Bonchev–Trinajstić information content (AvgIpc) is 2.75. The Morgan fingerprint density at radius 2 is 1.79 bits per heavy atom. The lowest BCUT2D eigenvalue weighted by atomic mass is 9.60. The Morgan fingerprint density at radius 1 is 1.11 bits per heavy atom. The largest absolute Gasteiger partial charge is 0.296 e. The van der Waals surface area contributed by atoms with Gasteiger partial charge in [-0.3, -0.25) is 14.9 Å². The molecule has 2 amide bonds. The zero-order chi connectivity index (χ0) is 13.5. The smallest absolute Gasteiger partial charge is 0.230 e. The van der Waals surface area contributed by atoms with E-state index < -0.39 is 0 Å². The van der Waals surface area contributed by atoms with Gasteiger partial charge in [0.2, 0.25) is 11.8 Å². The second-order valence-electron chi connectivity index (χ2n) is 7.27. The second-order valence-corrected chi connectivity index (χ2v) is 7.27. The number of carbonyl (C=O) groups excluding carboxylic acids is 2. The van der Waals surface area contributed by atoms with Gasteiger partial charge in [0.25, 0.3) is 0 Å². The van der Waals surface area contributed by atoms with Gasteiger partial charge in [-0.25, -0.2) is 0 Å². The summed E-state index contributed by atoms with van der Waals surface area (Å²) in [4.78, 5) is 24.2. The Morgan fingerprint density at radius 3 is 2.37 bits per heavy atom. The summed E-state index contributed by atoms with van der Waals surface area (Å²) in [6, 6.07) is 0. The second kappa shape index (κ2) is 4.92. The molecule has 0 aromatic rings. The topological polar surface area (TPSA) is 46.2 Å². The van der Waals surface area contributed by atoms with Crippen molar-refractivity contribution < 1.29 is 9.59 Å². The summed E-state index contributed by atoms with van der Waals surface area (Å²) in [6.45, 7) is 2.20. The van der Waals surface area contributed by atoms with Crippen molar-refractivity contribution in [1.29, 1.82) is 0 Å². The quantitative estimate of drug-likeness (QED) is 0.795. The molecule has 106 valence electrons. The number of hydrogen-bond acceptors (Lipinski definition) is 2. The highest BCUT2D eigenvalue weighted by Crippen LogP contribution is 2.50. The third kappa shape index (κ3) is 2.44. The predicted octanol–water partition coefficient (Wildman–Crippen LogP) is 3.04. The maximum absolute atomic E-state index is 12.4. The lowest BCUT2D eigenvalue weighted by molar-refractivity contribution is -0.146. The minimum Gasteiger partial charge on any atom is -0.296 e. The van der Waals surface area contributed by atoms with Crippen LogP contribution in [0.2, 0.25) is 0 Å². The monoisotopic (exact) mass is 263 g/mol. The van der Waals surface area contributed by atoms with Crippen molar-refractivity contribution in [3.8, 4) is 0 Å². The highest BCUT2D eigenvalue weighted by molar-refractivity contribution is 5.99. The molecule has 3 fully saturated rings. The van der Waals surface area contributed by atoms with Crippen LogP contribution >= 0.6 is 0 Å². The summed E-state index contributed by atoms with van der Waals surface area (Å²) in [5, 5.41) is 2.59. The van der Waals surface area contributed by atoms with Gasteiger partial charge in [-0.15, -0.1) is 0 Å². The van der Waals surface area contributed by atoms with Crippen molar-refractivity contribution in [3.05, 3.63) is 0 Å². The Balaban J connectivity index is 1.81. The van der Waals surface area contributed by atoms with Gasteiger partial charge in [-0.1, -0.05) is 39.0 Å². The molecule has 1 N–H and O–H groups in total. The molecular formula is C16H25NO2. The molecule has 3 aliphatic rings.